The van der Waals surface area contributed by atoms with E-state index >= 15 is 0 Å². The summed E-state index contributed by atoms with van der Waals surface area (Å²) in [5, 5.41) is 1.16. The fraction of sp³-hybridized carbons (Fsp3) is 0.471. The Bertz CT molecular complexity index is 631. The topological polar surface area (TPSA) is 19.4 Å². The van der Waals surface area contributed by atoms with Gasteiger partial charge in [0.1, 0.15) is 5.82 Å². The maximum absolute atomic E-state index is 6.18. The lowest BCUT2D eigenvalue weighted by Gasteiger charge is -2.43. The van der Waals surface area contributed by atoms with Crippen molar-refractivity contribution in [3.63, 3.8) is 0 Å². The maximum Gasteiger partial charge on any atom is 0.133 e. The molecule has 0 bridgehead atoms. The fourth-order valence-corrected chi connectivity index (χ4v) is 3.30. The highest BCUT2D eigenvalue weighted by Gasteiger charge is 2.28. The number of fused-ring (bicyclic) bond motifs is 1. The van der Waals surface area contributed by atoms with Gasteiger partial charge in [0.15, 0.2) is 0 Å². The zero-order valence-corrected chi connectivity index (χ0v) is 13.6. The number of hydrogen-bond donors (Lipinski definition) is 0. The normalized spacial score (nSPS) is 23.7. The van der Waals surface area contributed by atoms with Crippen molar-refractivity contribution in [2.75, 3.05) is 25.0 Å². The van der Waals surface area contributed by atoms with E-state index in [0.717, 1.165) is 35.4 Å². The first-order valence-corrected chi connectivity index (χ1v) is 8.05. The molecule has 112 valence electrons. The van der Waals surface area contributed by atoms with Crippen LogP contribution in [-0.4, -0.2) is 42.1 Å². The van der Waals surface area contributed by atoms with Crippen LogP contribution >= 0.6 is 11.6 Å². The van der Waals surface area contributed by atoms with E-state index < -0.39 is 0 Å². The number of para-hydroxylation sites is 1. The van der Waals surface area contributed by atoms with Crippen LogP contribution in [0.2, 0.25) is 0 Å². The first kappa shape index (κ1) is 14.6. The van der Waals surface area contributed by atoms with Crippen LogP contribution < -0.4 is 4.90 Å². The lowest BCUT2D eigenvalue weighted by molar-refractivity contribution is 0.169. The van der Waals surface area contributed by atoms with Gasteiger partial charge in [0.05, 0.1) is 11.4 Å². The van der Waals surface area contributed by atoms with Crippen molar-refractivity contribution in [1.29, 1.82) is 0 Å². The highest BCUT2D eigenvalue weighted by molar-refractivity contribution is 6.17. The smallest absolute Gasteiger partial charge is 0.133 e. The van der Waals surface area contributed by atoms with Gasteiger partial charge in [-0.05, 0) is 33.0 Å². The molecule has 1 aromatic carbocycles. The second kappa shape index (κ2) is 5.82. The van der Waals surface area contributed by atoms with Gasteiger partial charge < -0.3 is 4.90 Å². The molecule has 2 heterocycles. The van der Waals surface area contributed by atoms with E-state index in [-0.39, 0.29) is 0 Å². The third-order valence-corrected chi connectivity index (χ3v) is 4.87. The SMILES string of the molecule is CC1CN(c2nc3ccccc3cc2CCl)CC(C)N1C. The van der Waals surface area contributed by atoms with E-state index in [1.165, 1.54) is 0 Å². The second-order valence-electron chi connectivity index (χ2n) is 6.07. The molecular formula is C17H22ClN3. The van der Waals surface area contributed by atoms with Gasteiger partial charge >= 0.3 is 0 Å². The van der Waals surface area contributed by atoms with Crippen molar-refractivity contribution < 1.29 is 0 Å². The molecule has 3 rings (SSSR count). The Morgan fingerprint density at radius 1 is 1.19 bits per heavy atom. The van der Waals surface area contributed by atoms with Gasteiger partial charge in [0, 0.05) is 36.1 Å². The number of hydrogen-bond acceptors (Lipinski definition) is 3. The van der Waals surface area contributed by atoms with Crippen molar-refractivity contribution in [1.82, 2.24) is 9.88 Å². The monoisotopic (exact) mass is 303 g/mol. The summed E-state index contributed by atoms with van der Waals surface area (Å²) in [6, 6.07) is 11.5. The predicted octanol–water partition coefficient (Wildman–Crippen LogP) is 3.50. The van der Waals surface area contributed by atoms with Crippen LogP contribution in [-0.2, 0) is 5.88 Å². The van der Waals surface area contributed by atoms with Crippen molar-refractivity contribution in [3.8, 4) is 0 Å². The van der Waals surface area contributed by atoms with Crippen molar-refractivity contribution in [2.45, 2.75) is 31.8 Å². The molecule has 0 N–H and O–H groups in total. The Morgan fingerprint density at radius 3 is 2.52 bits per heavy atom. The molecule has 4 heteroatoms. The first-order valence-electron chi connectivity index (χ1n) is 7.51. The van der Waals surface area contributed by atoms with Crippen LogP contribution in [0.3, 0.4) is 0 Å². The maximum atomic E-state index is 6.18. The lowest BCUT2D eigenvalue weighted by Crippen LogP contribution is -2.55. The number of rotatable bonds is 2. The molecule has 1 aliphatic heterocycles. The van der Waals surface area contributed by atoms with Gasteiger partial charge in [-0.2, -0.15) is 0 Å². The molecule has 1 fully saturated rings. The molecular weight excluding hydrogens is 282 g/mol. The quantitative estimate of drug-likeness (QED) is 0.792. The summed E-state index contributed by atoms with van der Waals surface area (Å²) in [5.74, 6) is 1.55. The minimum absolute atomic E-state index is 0.502. The molecule has 0 radical (unpaired) electrons. The lowest BCUT2D eigenvalue weighted by atomic mass is 10.1. The average molecular weight is 304 g/mol. The zero-order valence-electron chi connectivity index (χ0n) is 12.9. The van der Waals surface area contributed by atoms with Gasteiger partial charge in [0.25, 0.3) is 0 Å². The van der Waals surface area contributed by atoms with Gasteiger partial charge in [-0.25, -0.2) is 4.98 Å². The largest absolute Gasteiger partial charge is 0.353 e. The summed E-state index contributed by atoms with van der Waals surface area (Å²) >= 11 is 6.18. The number of piperazine rings is 1. The standard InChI is InChI=1S/C17H22ClN3/c1-12-10-21(11-13(2)20(12)3)17-15(9-18)8-14-6-4-5-7-16(14)19-17/h4-8,12-13H,9-11H2,1-3H3. The van der Waals surface area contributed by atoms with E-state index in [1.54, 1.807) is 0 Å². The van der Waals surface area contributed by atoms with Gasteiger partial charge in [-0.15, -0.1) is 11.6 Å². The third kappa shape index (κ3) is 2.72. The van der Waals surface area contributed by atoms with Gasteiger partial charge in [-0.1, -0.05) is 18.2 Å². The third-order valence-electron chi connectivity index (χ3n) is 4.58. The van der Waals surface area contributed by atoms with E-state index in [1.807, 2.05) is 12.1 Å². The Morgan fingerprint density at radius 2 is 1.86 bits per heavy atom. The number of aromatic nitrogens is 1. The molecule has 21 heavy (non-hydrogen) atoms. The molecule has 2 aromatic rings. The fourth-order valence-electron chi connectivity index (χ4n) is 3.10. The van der Waals surface area contributed by atoms with Crippen LogP contribution in [0, 0.1) is 0 Å². The van der Waals surface area contributed by atoms with E-state index in [0.29, 0.717) is 18.0 Å². The van der Waals surface area contributed by atoms with Crippen LogP contribution in [0.15, 0.2) is 30.3 Å². The molecule has 2 unspecified atom stereocenters. The summed E-state index contributed by atoms with van der Waals surface area (Å²) in [4.78, 5) is 9.70. The highest BCUT2D eigenvalue weighted by Crippen LogP contribution is 2.27. The molecule has 0 spiro atoms. The molecule has 0 amide bonds. The number of benzene rings is 1. The van der Waals surface area contributed by atoms with Crippen LogP contribution in [0.1, 0.15) is 19.4 Å². The summed E-state index contributed by atoms with van der Waals surface area (Å²) in [6.07, 6.45) is 0. The van der Waals surface area contributed by atoms with Crippen LogP contribution in [0.5, 0.6) is 0 Å². The van der Waals surface area contributed by atoms with Crippen molar-refractivity contribution in [2.24, 2.45) is 0 Å². The number of halogens is 1. The van der Waals surface area contributed by atoms with Crippen molar-refractivity contribution >= 4 is 28.3 Å². The van der Waals surface area contributed by atoms with Gasteiger partial charge in [-0.3, -0.25) is 4.90 Å². The minimum Gasteiger partial charge on any atom is -0.353 e. The number of nitrogens with zero attached hydrogens (tertiary/aromatic N) is 3. The van der Waals surface area contributed by atoms with E-state index in [9.17, 15) is 0 Å². The number of alkyl halides is 1. The van der Waals surface area contributed by atoms with Crippen LogP contribution in [0.4, 0.5) is 5.82 Å². The molecule has 1 aromatic heterocycles. The number of pyridine rings is 1. The first-order chi connectivity index (χ1) is 10.1. The van der Waals surface area contributed by atoms with E-state index in [2.05, 4.69) is 48.9 Å². The Labute approximate surface area is 131 Å². The molecule has 0 aliphatic carbocycles. The zero-order chi connectivity index (χ0) is 15.0. The Kier molecular flexibility index (Phi) is 4.05. The summed E-state index contributed by atoms with van der Waals surface area (Å²) < 4.78 is 0. The van der Waals surface area contributed by atoms with Crippen LogP contribution in [0.25, 0.3) is 10.9 Å². The molecule has 0 saturated carbocycles. The molecule has 2 atom stereocenters. The second-order valence-corrected chi connectivity index (χ2v) is 6.33. The summed E-state index contributed by atoms with van der Waals surface area (Å²) in [7, 11) is 2.20. The molecule has 1 saturated heterocycles. The molecule has 1 aliphatic rings. The minimum atomic E-state index is 0.502. The Hall–Kier alpha value is -1.32. The predicted molar refractivity (Wildman–Crippen MR) is 90.2 cm³/mol. The van der Waals surface area contributed by atoms with E-state index in [4.69, 9.17) is 16.6 Å². The Balaban J connectivity index is 2.02. The number of likely N-dealkylation sites (N-methyl/N-ethyl adjacent to an activating group) is 1. The van der Waals surface area contributed by atoms with Crippen molar-refractivity contribution in [3.05, 3.63) is 35.9 Å². The average Bonchev–Trinajstić information content (AvgIpc) is 2.50. The van der Waals surface area contributed by atoms with Gasteiger partial charge in [0.2, 0.25) is 0 Å². The highest BCUT2D eigenvalue weighted by atomic mass is 35.5. The summed E-state index contributed by atoms with van der Waals surface area (Å²) in [5.41, 5.74) is 2.17. The molecule has 3 nitrogen and oxygen atoms in total. The number of anilines is 1. The summed E-state index contributed by atoms with van der Waals surface area (Å²) in [6.45, 7) is 6.53.